The molecule has 8 nitrogen and oxygen atoms in total. The van der Waals surface area contributed by atoms with E-state index in [0.717, 1.165) is 12.3 Å². The molecule has 1 aliphatic rings. The minimum absolute atomic E-state index is 0.141. The number of nitrogens with zero attached hydrogens (tertiary/aromatic N) is 4. The molecule has 1 aliphatic heterocycles. The molecular weight excluding hydrogens is 403 g/mol. The minimum atomic E-state index is -4.42. The van der Waals surface area contributed by atoms with E-state index in [4.69, 9.17) is 10.5 Å². The van der Waals surface area contributed by atoms with Gasteiger partial charge in [0.1, 0.15) is 11.9 Å². The average molecular weight is 425 g/mol. The molecule has 0 radical (unpaired) electrons. The van der Waals surface area contributed by atoms with E-state index < -0.39 is 23.9 Å². The highest BCUT2D eigenvalue weighted by Gasteiger charge is 2.31. The minimum Gasteiger partial charge on any atom is -0.445 e. The van der Waals surface area contributed by atoms with Crippen LogP contribution in [0.1, 0.15) is 22.8 Å². The van der Waals surface area contributed by atoms with Gasteiger partial charge in [0.25, 0.3) is 5.91 Å². The number of halogens is 3. The van der Waals surface area contributed by atoms with Crippen LogP contribution in [-0.2, 0) is 17.5 Å². The molecule has 2 N–H and O–H groups in total. The second kappa shape index (κ2) is 8.64. The molecule has 1 unspecified atom stereocenters. The van der Waals surface area contributed by atoms with E-state index in [1.54, 1.807) is 34.9 Å². The number of alkyl halides is 3. The predicted octanol–water partition coefficient (Wildman–Crippen LogP) is 2.35. The van der Waals surface area contributed by atoms with E-state index in [-0.39, 0.29) is 5.91 Å². The van der Waals surface area contributed by atoms with E-state index in [1.807, 2.05) is 4.90 Å². The van der Waals surface area contributed by atoms with Gasteiger partial charge in [0.2, 0.25) is 0 Å². The first-order chi connectivity index (χ1) is 14.1. The van der Waals surface area contributed by atoms with Gasteiger partial charge in [0.15, 0.2) is 0 Å². The number of carbonyl (C=O) groups is 2. The summed E-state index contributed by atoms with van der Waals surface area (Å²) >= 11 is 0. The molecule has 3 rings (SSSR count). The summed E-state index contributed by atoms with van der Waals surface area (Å²) in [5, 5.41) is 0. The first-order valence-electron chi connectivity index (χ1n) is 9.33. The summed E-state index contributed by atoms with van der Waals surface area (Å²) in [6, 6.07) is 4.03. The van der Waals surface area contributed by atoms with Gasteiger partial charge in [-0.2, -0.15) is 13.2 Å². The summed E-state index contributed by atoms with van der Waals surface area (Å²) in [7, 11) is 0. The fourth-order valence-corrected chi connectivity index (χ4v) is 3.28. The van der Waals surface area contributed by atoms with Crippen LogP contribution in [0.25, 0.3) is 0 Å². The van der Waals surface area contributed by atoms with Crippen LogP contribution in [-0.4, -0.2) is 58.7 Å². The third-order valence-electron chi connectivity index (χ3n) is 4.75. The number of anilines is 1. The molecule has 2 aromatic heterocycles. The Kier molecular flexibility index (Phi) is 6.18. The van der Waals surface area contributed by atoms with E-state index in [0.29, 0.717) is 44.1 Å². The van der Waals surface area contributed by atoms with E-state index in [2.05, 4.69) is 4.98 Å². The Morgan fingerprint density at radius 2 is 1.90 bits per heavy atom. The van der Waals surface area contributed by atoms with Crippen molar-refractivity contribution in [3.05, 3.63) is 47.9 Å². The van der Waals surface area contributed by atoms with Crippen LogP contribution >= 0.6 is 0 Å². The van der Waals surface area contributed by atoms with Gasteiger partial charge < -0.3 is 24.8 Å². The van der Waals surface area contributed by atoms with Gasteiger partial charge in [-0.3, -0.25) is 4.79 Å². The van der Waals surface area contributed by atoms with Crippen molar-refractivity contribution in [2.45, 2.75) is 25.7 Å². The van der Waals surface area contributed by atoms with Crippen LogP contribution in [0, 0.1) is 0 Å². The van der Waals surface area contributed by atoms with Gasteiger partial charge >= 0.3 is 12.3 Å². The van der Waals surface area contributed by atoms with Gasteiger partial charge in [0.05, 0.1) is 17.7 Å². The lowest BCUT2D eigenvalue weighted by atomic mass is 10.2. The Hall–Kier alpha value is -3.24. The molecule has 0 aromatic carbocycles. The van der Waals surface area contributed by atoms with Crippen molar-refractivity contribution in [2.75, 3.05) is 31.1 Å². The third kappa shape index (κ3) is 5.22. The van der Waals surface area contributed by atoms with Crippen LogP contribution in [0.4, 0.5) is 23.8 Å². The summed E-state index contributed by atoms with van der Waals surface area (Å²) in [5.74, 6) is 0.307. The maximum absolute atomic E-state index is 12.7. The molecule has 0 bridgehead atoms. The topological polar surface area (TPSA) is 93.7 Å². The number of rotatable bonds is 5. The highest BCUT2D eigenvalue weighted by molar-refractivity contribution is 5.94. The summed E-state index contributed by atoms with van der Waals surface area (Å²) < 4.78 is 44.6. The maximum atomic E-state index is 12.7. The first-order valence-corrected chi connectivity index (χ1v) is 9.33. The third-order valence-corrected chi connectivity index (χ3v) is 4.75. The maximum Gasteiger partial charge on any atom is 0.417 e. The average Bonchev–Trinajstić information content (AvgIpc) is 3.14. The van der Waals surface area contributed by atoms with E-state index >= 15 is 0 Å². The number of aromatic nitrogens is 2. The van der Waals surface area contributed by atoms with Gasteiger partial charge in [-0.25, -0.2) is 9.78 Å². The fourth-order valence-electron chi connectivity index (χ4n) is 3.28. The van der Waals surface area contributed by atoms with Crippen LogP contribution < -0.4 is 10.6 Å². The lowest BCUT2D eigenvalue weighted by molar-refractivity contribution is -0.137. The van der Waals surface area contributed by atoms with Crippen LogP contribution in [0.15, 0.2) is 36.8 Å². The number of amides is 2. The monoisotopic (exact) mass is 425 g/mol. The first kappa shape index (κ1) is 21.5. The number of carbonyl (C=O) groups excluding carboxylic acids is 2. The largest absolute Gasteiger partial charge is 0.445 e. The van der Waals surface area contributed by atoms with Crippen LogP contribution in [0.2, 0.25) is 0 Å². The smallest absolute Gasteiger partial charge is 0.417 e. The number of hydrogen-bond acceptors (Lipinski definition) is 5. The molecule has 0 saturated carbocycles. The Labute approximate surface area is 171 Å². The Bertz CT molecular complexity index is 890. The number of nitrogens with two attached hydrogens (primary N) is 1. The molecule has 11 heteroatoms. The summed E-state index contributed by atoms with van der Waals surface area (Å²) in [6.45, 7) is 3.84. The Morgan fingerprint density at radius 1 is 1.20 bits per heavy atom. The lowest BCUT2D eigenvalue weighted by Crippen LogP contribution is -2.49. The zero-order valence-electron chi connectivity index (χ0n) is 16.3. The quantitative estimate of drug-likeness (QED) is 0.794. The number of piperazine rings is 1. The van der Waals surface area contributed by atoms with Gasteiger partial charge in [0, 0.05) is 44.8 Å². The molecule has 30 heavy (non-hydrogen) atoms. The van der Waals surface area contributed by atoms with Gasteiger partial charge in [-0.1, -0.05) is 0 Å². The summed E-state index contributed by atoms with van der Waals surface area (Å²) in [4.78, 5) is 30.9. The fraction of sp³-hybridized carbons (Fsp3) is 0.421. The Balaban J connectivity index is 1.55. The molecule has 3 heterocycles. The molecular formula is C19H22F3N5O3. The number of primary amides is 1. The molecule has 1 atom stereocenters. The summed E-state index contributed by atoms with van der Waals surface area (Å²) in [6.07, 6.45) is -1.50. The van der Waals surface area contributed by atoms with Gasteiger partial charge in [-0.15, -0.1) is 0 Å². The normalized spacial score (nSPS) is 15.7. The van der Waals surface area contributed by atoms with Crippen molar-refractivity contribution in [3.8, 4) is 0 Å². The van der Waals surface area contributed by atoms with Crippen LogP contribution in [0.5, 0.6) is 0 Å². The number of hydrogen-bond donors (Lipinski definition) is 1. The zero-order chi connectivity index (χ0) is 21.9. The number of pyridine rings is 1. The molecule has 1 fully saturated rings. The van der Waals surface area contributed by atoms with Crippen molar-refractivity contribution in [3.63, 3.8) is 0 Å². The van der Waals surface area contributed by atoms with E-state index in [1.165, 1.54) is 6.07 Å². The zero-order valence-corrected chi connectivity index (χ0v) is 16.3. The molecule has 162 valence electrons. The second-order valence-corrected chi connectivity index (χ2v) is 7.03. The SMILES string of the molecule is CC(Cn1ccc(C(=O)N2CCN(c3ccc(C(F)(F)F)cn3)CC2)c1)OC(N)=O. The predicted molar refractivity (Wildman–Crippen MR) is 102 cm³/mol. The van der Waals surface area contributed by atoms with Crippen molar-refractivity contribution in [1.29, 1.82) is 0 Å². The molecule has 1 saturated heterocycles. The van der Waals surface area contributed by atoms with Crippen molar-refractivity contribution >= 4 is 17.8 Å². The van der Waals surface area contributed by atoms with Gasteiger partial charge in [-0.05, 0) is 25.1 Å². The van der Waals surface area contributed by atoms with E-state index in [9.17, 15) is 22.8 Å². The second-order valence-electron chi connectivity index (χ2n) is 7.03. The molecule has 2 amide bonds. The Morgan fingerprint density at radius 3 is 2.47 bits per heavy atom. The summed E-state index contributed by atoms with van der Waals surface area (Å²) in [5.41, 5.74) is 4.70. The number of ether oxygens (including phenoxy) is 1. The van der Waals surface area contributed by atoms with Crippen molar-refractivity contribution < 1.29 is 27.5 Å². The lowest BCUT2D eigenvalue weighted by Gasteiger charge is -2.35. The molecule has 2 aromatic rings. The van der Waals surface area contributed by atoms with Crippen molar-refractivity contribution in [1.82, 2.24) is 14.5 Å². The highest BCUT2D eigenvalue weighted by atomic mass is 19.4. The highest BCUT2D eigenvalue weighted by Crippen LogP contribution is 2.29. The van der Waals surface area contributed by atoms with Crippen LogP contribution in [0.3, 0.4) is 0 Å². The molecule has 0 spiro atoms. The molecule has 0 aliphatic carbocycles. The van der Waals surface area contributed by atoms with Crippen molar-refractivity contribution in [2.24, 2.45) is 5.73 Å². The standard InChI is InChI=1S/C19H22F3N5O3/c1-13(30-18(23)29)11-25-5-4-14(12-25)17(28)27-8-6-26(7-9-27)16-3-2-15(10-24-16)19(20,21)22/h2-5,10,12-13H,6-9,11H2,1H3,(H2,23,29).